The number of hydrogen-bond donors (Lipinski definition) is 1. The van der Waals surface area contributed by atoms with Gasteiger partial charge in [-0.1, -0.05) is 0 Å². The first-order chi connectivity index (χ1) is 12.9. The number of ether oxygens (including phenoxy) is 1. The minimum atomic E-state index is -0.132. The summed E-state index contributed by atoms with van der Waals surface area (Å²) in [6.45, 7) is 5.63. The van der Waals surface area contributed by atoms with Gasteiger partial charge in [0.15, 0.2) is 5.76 Å². The van der Waals surface area contributed by atoms with Crippen molar-refractivity contribution in [3.63, 3.8) is 0 Å². The van der Waals surface area contributed by atoms with E-state index in [0.29, 0.717) is 30.2 Å². The zero-order chi connectivity index (χ0) is 19.6. The quantitative estimate of drug-likeness (QED) is 0.692. The Hall–Kier alpha value is -2.80. The van der Waals surface area contributed by atoms with Crippen molar-refractivity contribution in [1.29, 1.82) is 0 Å². The Kier molecular flexibility index (Phi) is 5.51. The number of benzene rings is 1. The van der Waals surface area contributed by atoms with Crippen molar-refractivity contribution in [2.24, 2.45) is 0 Å². The third kappa shape index (κ3) is 3.98. The second kappa shape index (κ2) is 7.84. The monoisotopic (exact) mass is 370 g/mol. The van der Waals surface area contributed by atoms with E-state index in [9.17, 15) is 4.79 Å². The molecule has 0 saturated carbocycles. The molecule has 0 aliphatic rings. The number of likely N-dealkylation sites (N-methyl/N-ethyl adjacent to an activating group) is 1. The summed E-state index contributed by atoms with van der Waals surface area (Å²) in [6.07, 6.45) is 1.65. The number of carbonyl (C=O) groups excluding carboxylic acids is 1. The Morgan fingerprint density at radius 3 is 2.67 bits per heavy atom. The molecule has 2 aromatic heterocycles. The van der Waals surface area contributed by atoms with Gasteiger partial charge in [-0.3, -0.25) is 4.79 Å². The maximum Gasteiger partial charge on any atom is 0.290 e. The lowest BCUT2D eigenvalue weighted by Crippen LogP contribution is -2.36. The number of amides is 1. The molecule has 0 bridgehead atoms. The normalized spacial score (nSPS) is 11.3. The Balaban J connectivity index is 1.93. The number of fused-ring (bicyclic) bond motifs is 1. The van der Waals surface area contributed by atoms with Crippen LogP contribution < -0.4 is 4.74 Å². The number of hydrogen-bond acceptors (Lipinski definition) is 5. The van der Waals surface area contributed by atoms with E-state index in [2.05, 4.69) is 9.97 Å². The number of furan rings is 1. The predicted molar refractivity (Wildman–Crippen MR) is 104 cm³/mol. The molecule has 0 aliphatic carbocycles. The van der Waals surface area contributed by atoms with E-state index in [4.69, 9.17) is 9.15 Å². The van der Waals surface area contributed by atoms with Crippen LogP contribution in [0.25, 0.3) is 11.0 Å². The first-order valence-electron chi connectivity index (χ1n) is 8.90. The lowest BCUT2D eigenvalue weighted by molar-refractivity contribution is 0.0699. The third-order valence-electron chi connectivity index (χ3n) is 4.72. The predicted octanol–water partition coefficient (Wildman–Crippen LogP) is 2.99. The molecule has 0 atom stereocenters. The summed E-state index contributed by atoms with van der Waals surface area (Å²) in [6, 6.07) is 5.60. The minimum Gasteiger partial charge on any atom is -0.497 e. The molecule has 7 heteroatoms. The van der Waals surface area contributed by atoms with Crippen LogP contribution in [0.1, 0.15) is 27.5 Å². The molecule has 0 fully saturated rings. The average Bonchev–Trinajstić information content (AvgIpc) is 3.20. The molecule has 3 aromatic rings. The van der Waals surface area contributed by atoms with Gasteiger partial charge in [0.1, 0.15) is 11.3 Å². The number of H-pyrrole nitrogens is 1. The van der Waals surface area contributed by atoms with Crippen molar-refractivity contribution < 1.29 is 13.9 Å². The Bertz CT molecular complexity index is 942. The van der Waals surface area contributed by atoms with Gasteiger partial charge in [0, 0.05) is 35.8 Å². The molecule has 1 aromatic carbocycles. The van der Waals surface area contributed by atoms with Gasteiger partial charge in [-0.05, 0) is 40.1 Å². The molecular formula is C20H26N4O3. The van der Waals surface area contributed by atoms with Crippen LogP contribution in [-0.2, 0) is 6.54 Å². The van der Waals surface area contributed by atoms with Crippen LogP contribution in [0, 0.1) is 13.8 Å². The topological polar surface area (TPSA) is 74.6 Å². The number of carbonyl (C=O) groups is 1. The van der Waals surface area contributed by atoms with Crippen LogP contribution in [0.5, 0.6) is 5.75 Å². The number of nitrogens with zero attached hydrogens (tertiary/aromatic N) is 3. The van der Waals surface area contributed by atoms with Crippen LogP contribution in [0.4, 0.5) is 0 Å². The smallest absolute Gasteiger partial charge is 0.290 e. The van der Waals surface area contributed by atoms with Gasteiger partial charge in [0.2, 0.25) is 0 Å². The average molecular weight is 370 g/mol. The summed E-state index contributed by atoms with van der Waals surface area (Å²) in [5.41, 5.74) is 3.31. The maximum atomic E-state index is 13.3. The lowest BCUT2D eigenvalue weighted by Gasteiger charge is -2.23. The number of methoxy groups -OCH3 is 1. The maximum absolute atomic E-state index is 13.3. The van der Waals surface area contributed by atoms with Gasteiger partial charge in [-0.2, -0.15) is 0 Å². The van der Waals surface area contributed by atoms with E-state index in [-0.39, 0.29) is 5.91 Å². The van der Waals surface area contributed by atoms with Crippen molar-refractivity contribution in [3.8, 4) is 5.75 Å². The summed E-state index contributed by atoms with van der Waals surface area (Å²) in [7, 11) is 5.58. The lowest BCUT2D eigenvalue weighted by atomic mass is 10.1. The third-order valence-corrected chi connectivity index (χ3v) is 4.72. The van der Waals surface area contributed by atoms with Crippen LogP contribution in [0.2, 0.25) is 0 Å². The van der Waals surface area contributed by atoms with Crippen molar-refractivity contribution in [2.75, 3.05) is 34.3 Å². The van der Waals surface area contributed by atoms with Crippen LogP contribution >= 0.6 is 0 Å². The molecule has 1 amide bonds. The molecule has 144 valence electrons. The molecule has 0 saturated heterocycles. The molecule has 2 heterocycles. The summed E-state index contributed by atoms with van der Waals surface area (Å²) in [5, 5.41) is 0.919. The number of aromatic nitrogens is 2. The second-order valence-electron chi connectivity index (χ2n) is 6.92. The molecule has 0 unspecified atom stereocenters. The van der Waals surface area contributed by atoms with Crippen molar-refractivity contribution in [2.45, 2.75) is 20.4 Å². The summed E-state index contributed by atoms with van der Waals surface area (Å²) in [4.78, 5) is 24.5. The van der Waals surface area contributed by atoms with E-state index >= 15 is 0 Å². The van der Waals surface area contributed by atoms with E-state index in [0.717, 1.165) is 28.9 Å². The van der Waals surface area contributed by atoms with Crippen molar-refractivity contribution in [1.82, 2.24) is 19.8 Å². The first-order valence-corrected chi connectivity index (χ1v) is 8.90. The van der Waals surface area contributed by atoms with E-state index in [1.807, 2.05) is 45.0 Å². The molecule has 0 spiro atoms. The fourth-order valence-electron chi connectivity index (χ4n) is 2.98. The Morgan fingerprint density at radius 1 is 1.26 bits per heavy atom. The van der Waals surface area contributed by atoms with E-state index < -0.39 is 0 Å². The van der Waals surface area contributed by atoms with Gasteiger partial charge in [-0.25, -0.2) is 4.98 Å². The summed E-state index contributed by atoms with van der Waals surface area (Å²) in [5.74, 6) is 0.934. The van der Waals surface area contributed by atoms with Gasteiger partial charge >= 0.3 is 0 Å². The first kappa shape index (κ1) is 19.0. The Labute approximate surface area is 158 Å². The SMILES string of the molecule is COc1ccc2c(C)c(C(=O)N(CCN(C)C)Cc3nc[nH]c3C)oc2c1. The minimum absolute atomic E-state index is 0.132. The highest BCUT2D eigenvalue weighted by Crippen LogP contribution is 2.29. The molecule has 27 heavy (non-hydrogen) atoms. The number of aromatic amines is 1. The van der Waals surface area contributed by atoms with Crippen LogP contribution in [-0.4, -0.2) is 60.0 Å². The van der Waals surface area contributed by atoms with Gasteiger partial charge in [0.25, 0.3) is 5.91 Å². The van der Waals surface area contributed by atoms with Crippen LogP contribution in [0.15, 0.2) is 28.9 Å². The standard InChI is InChI=1S/C20H26N4O3/c1-13-16-7-6-15(26-5)10-18(16)27-19(13)20(25)24(9-8-23(3)4)11-17-14(2)21-12-22-17/h6-7,10,12H,8-9,11H2,1-5H3,(H,21,22). The van der Waals surface area contributed by atoms with Gasteiger partial charge < -0.3 is 23.9 Å². The molecule has 0 aliphatic heterocycles. The van der Waals surface area contributed by atoms with Crippen LogP contribution in [0.3, 0.4) is 0 Å². The molecular weight excluding hydrogens is 344 g/mol. The van der Waals surface area contributed by atoms with Crippen molar-refractivity contribution >= 4 is 16.9 Å². The summed E-state index contributed by atoms with van der Waals surface area (Å²) >= 11 is 0. The number of nitrogens with one attached hydrogen (secondary N) is 1. The fraction of sp³-hybridized carbons (Fsp3) is 0.400. The largest absolute Gasteiger partial charge is 0.497 e. The van der Waals surface area contributed by atoms with Gasteiger partial charge in [0.05, 0.1) is 25.7 Å². The zero-order valence-electron chi connectivity index (χ0n) is 16.5. The number of aryl methyl sites for hydroxylation is 2. The zero-order valence-corrected chi connectivity index (χ0v) is 16.5. The van der Waals surface area contributed by atoms with E-state index in [1.165, 1.54) is 0 Å². The highest BCUT2D eigenvalue weighted by Gasteiger charge is 2.24. The summed E-state index contributed by atoms with van der Waals surface area (Å²) < 4.78 is 11.2. The molecule has 7 nitrogen and oxygen atoms in total. The number of imidazole rings is 1. The number of rotatable bonds is 7. The fourth-order valence-corrected chi connectivity index (χ4v) is 2.98. The Morgan fingerprint density at radius 2 is 2.04 bits per heavy atom. The molecule has 0 radical (unpaired) electrons. The highest BCUT2D eigenvalue weighted by atomic mass is 16.5. The molecule has 3 rings (SSSR count). The van der Waals surface area contributed by atoms with Crippen molar-refractivity contribution in [3.05, 3.63) is 47.2 Å². The second-order valence-corrected chi connectivity index (χ2v) is 6.92. The molecule has 1 N–H and O–H groups in total. The van der Waals surface area contributed by atoms with Gasteiger partial charge in [-0.15, -0.1) is 0 Å². The highest BCUT2D eigenvalue weighted by molar-refractivity contribution is 5.99. The van der Waals surface area contributed by atoms with E-state index in [1.54, 1.807) is 24.4 Å².